The van der Waals surface area contributed by atoms with Crippen molar-refractivity contribution in [2.45, 2.75) is 13.8 Å². The van der Waals surface area contributed by atoms with Crippen molar-refractivity contribution in [3.8, 4) is 5.75 Å². The third-order valence-electron chi connectivity index (χ3n) is 4.19. The van der Waals surface area contributed by atoms with Gasteiger partial charge in [-0.25, -0.2) is 9.29 Å². The molecule has 2 amide bonds. The van der Waals surface area contributed by atoms with Crippen LogP contribution in [0.3, 0.4) is 0 Å². The molecule has 3 rings (SSSR count). The molecule has 1 aliphatic heterocycles. The van der Waals surface area contributed by atoms with Gasteiger partial charge in [-0.1, -0.05) is 26.0 Å². The first-order valence-corrected chi connectivity index (χ1v) is 10.3. The van der Waals surface area contributed by atoms with Crippen LogP contribution in [0.5, 0.6) is 5.75 Å². The number of benzene rings is 2. The minimum Gasteiger partial charge on any atom is -0.493 e. The zero-order valence-electron chi connectivity index (χ0n) is 16.2. The van der Waals surface area contributed by atoms with Gasteiger partial charge in [0.15, 0.2) is 0 Å². The van der Waals surface area contributed by atoms with E-state index in [0.717, 1.165) is 16.7 Å². The van der Waals surface area contributed by atoms with Crippen molar-refractivity contribution in [3.05, 3.63) is 64.8 Å². The number of carbonyl (C=O) groups is 2. The van der Waals surface area contributed by atoms with E-state index < -0.39 is 17.6 Å². The molecule has 0 radical (unpaired) electrons. The molecule has 1 aliphatic rings. The molecule has 0 aromatic heterocycles. The Hall–Kier alpha value is -2.64. The van der Waals surface area contributed by atoms with Gasteiger partial charge in [-0.3, -0.25) is 9.59 Å². The third-order valence-corrected chi connectivity index (χ3v) is 5.24. The zero-order valence-corrected chi connectivity index (χ0v) is 17.0. The standard InChI is InChI=1S/C22H22FNO4S/c1-14(2)13-28-18-9-3-15(4-10-18)19-20(29-12-11-25)22(27)24(21(19)26)17-7-5-16(23)6-8-17/h3-10,14,25H,11-13H2,1-2H3. The summed E-state index contributed by atoms with van der Waals surface area (Å²) in [5, 5.41) is 9.18. The predicted octanol–water partition coefficient (Wildman–Crippen LogP) is 3.87. The number of halogens is 1. The third kappa shape index (κ3) is 4.68. The van der Waals surface area contributed by atoms with E-state index in [2.05, 4.69) is 13.8 Å². The molecule has 2 aromatic rings. The fourth-order valence-electron chi connectivity index (χ4n) is 2.85. The molecular formula is C22H22FNO4S. The number of amides is 2. The zero-order chi connectivity index (χ0) is 21.0. The number of anilines is 1. The summed E-state index contributed by atoms with van der Waals surface area (Å²) in [5.74, 6) is -0.0528. The van der Waals surface area contributed by atoms with Crippen LogP contribution in [0.1, 0.15) is 19.4 Å². The first-order valence-electron chi connectivity index (χ1n) is 9.28. The Kier molecular flexibility index (Phi) is 6.71. The van der Waals surface area contributed by atoms with Gasteiger partial charge in [-0.15, -0.1) is 11.8 Å². The minimum atomic E-state index is -0.477. The fourth-order valence-corrected chi connectivity index (χ4v) is 3.71. The van der Waals surface area contributed by atoms with E-state index in [1.54, 1.807) is 24.3 Å². The molecule has 7 heteroatoms. The molecule has 0 spiro atoms. The Morgan fingerprint density at radius 2 is 1.69 bits per heavy atom. The second-order valence-corrected chi connectivity index (χ2v) is 8.03. The summed E-state index contributed by atoms with van der Waals surface area (Å²) in [6.45, 7) is 4.56. The lowest BCUT2D eigenvalue weighted by atomic mass is 10.1. The highest BCUT2D eigenvalue weighted by Crippen LogP contribution is 2.38. The van der Waals surface area contributed by atoms with Crippen LogP contribution in [-0.4, -0.2) is 35.9 Å². The molecular weight excluding hydrogens is 393 g/mol. The van der Waals surface area contributed by atoms with Crippen molar-refractivity contribution in [1.82, 2.24) is 0 Å². The maximum absolute atomic E-state index is 13.3. The van der Waals surface area contributed by atoms with Crippen molar-refractivity contribution >= 4 is 34.8 Å². The quantitative estimate of drug-likeness (QED) is 0.663. The molecule has 0 unspecified atom stereocenters. The Balaban J connectivity index is 1.94. The summed E-state index contributed by atoms with van der Waals surface area (Å²) in [6, 6.07) is 12.2. The molecule has 0 fully saturated rings. The number of imide groups is 1. The summed E-state index contributed by atoms with van der Waals surface area (Å²) in [5.41, 5.74) is 1.16. The highest BCUT2D eigenvalue weighted by molar-refractivity contribution is 8.04. The molecule has 1 N–H and O–H groups in total. The first-order chi connectivity index (χ1) is 13.9. The highest BCUT2D eigenvalue weighted by atomic mass is 32.2. The Labute approximate surface area is 173 Å². The van der Waals surface area contributed by atoms with Gasteiger partial charge in [0.05, 0.1) is 29.4 Å². The average molecular weight is 415 g/mol. The molecule has 2 aromatic carbocycles. The van der Waals surface area contributed by atoms with E-state index in [1.807, 2.05) is 0 Å². The van der Waals surface area contributed by atoms with Gasteiger partial charge >= 0.3 is 0 Å². The van der Waals surface area contributed by atoms with Gasteiger partial charge in [-0.05, 0) is 47.9 Å². The Bertz CT molecular complexity index is 923. The molecule has 0 saturated carbocycles. The van der Waals surface area contributed by atoms with Crippen LogP contribution in [0.2, 0.25) is 0 Å². The number of ether oxygens (including phenoxy) is 1. The van der Waals surface area contributed by atoms with Crippen molar-refractivity contribution in [1.29, 1.82) is 0 Å². The molecule has 152 valence electrons. The van der Waals surface area contributed by atoms with Crippen LogP contribution >= 0.6 is 11.8 Å². The number of hydrogen-bond donors (Lipinski definition) is 1. The monoisotopic (exact) mass is 415 g/mol. The molecule has 0 atom stereocenters. The normalized spacial score (nSPS) is 14.3. The minimum absolute atomic E-state index is 0.124. The number of nitrogens with zero attached hydrogens (tertiary/aromatic N) is 1. The summed E-state index contributed by atoms with van der Waals surface area (Å²) in [4.78, 5) is 27.4. The first kappa shape index (κ1) is 21.1. The highest BCUT2D eigenvalue weighted by Gasteiger charge is 2.40. The lowest BCUT2D eigenvalue weighted by molar-refractivity contribution is -0.119. The average Bonchev–Trinajstić information content (AvgIpc) is 2.95. The Morgan fingerprint density at radius 3 is 2.28 bits per heavy atom. The van der Waals surface area contributed by atoms with Crippen LogP contribution in [-0.2, 0) is 9.59 Å². The van der Waals surface area contributed by atoms with Gasteiger partial charge in [0.25, 0.3) is 11.8 Å². The summed E-state index contributed by atoms with van der Waals surface area (Å²) in [6.07, 6.45) is 0. The molecule has 1 heterocycles. The van der Waals surface area contributed by atoms with E-state index in [1.165, 1.54) is 24.3 Å². The second kappa shape index (κ2) is 9.24. The van der Waals surface area contributed by atoms with Gasteiger partial charge in [-0.2, -0.15) is 0 Å². The summed E-state index contributed by atoms with van der Waals surface area (Å²) < 4.78 is 18.9. The SMILES string of the molecule is CC(C)COc1ccc(C2=C(SCCO)C(=O)N(c3ccc(F)cc3)C2=O)cc1. The van der Waals surface area contributed by atoms with Crippen molar-refractivity contribution in [2.75, 3.05) is 23.9 Å². The van der Waals surface area contributed by atoms with E-state index in [0.29, 0.717) is 29.5 Å². The maximum Gasteiger partial charge on any atom is 0.272 e. The topological polar surface area (TPSA) is 66.8 Å². The van der Waals surface area contributed by atoms with Crippen LogP contribution in [0.15, 0.2) is 53.4 Å². The predicted molar refractivity (Wildman–Crippen MR) is 112 cm³/mol. The van der Waals surface area contributed by atoms with E-state index >= 15 is 0 Å². The van der Waals surface area contributed by atoms with Crippen molar-refractivity contribution in [2.24, 2.45) is 5.92 Å². The van der Waals surface area contributed by atoms with Gasteiger partial charge < -0.3 is 9.84 Å². The van der Waals surface area contributed by atoms with Crippen LogP contribution in [0.25, 0.3) is 5.57 Å². The van der Waals surface area contributed by atoms with E-state index in [-0.39, 0.29) is 22.8 Å². The number of carbonyl (C=O) groups excluding carboxylic acids is 2. The molecule has 0 aliphatic carbocycles. The number of thioether (sulfide) groups is 1. The van der Waals surface area contributed by atoms with Gasteiger partial charge in [0, 0.05) is 5.75 Å². The molecule has 29 heavy (non-hydrogen) atoms. The van der Waals surface area contributed by atoms with Gasteiger partial charge in [0.2, 0.25) is 0 Å². The fraction of sp³-hybridized carbons (Fsp3) is 0.273. The van der Waals surface area contributed by atoms with Crippen molar-refractivity contribution in [3.63, 3.8) is 0 Å². The van der Waals surface area contributed by atoms with Crippen molar-refractivity contribution < 1.29 is 23.8 Å². The lowest BCUT2D eigenvalue weighted by Gasteiger charge is -2.15. The molecule has 0 bridgehead atoms. The van der Waals surface area contributed by atoms with E-state index in [4.69, 9.17) is 4.74 Å². The summed E-state index contributed by atoms with van der Waals surface area (Å²) >= 11 is 1.13. The Morgan fingerprint density at radius 1 is 1.03 bits per heavy atom. The maximum atomic E-state index is 13.3. The number of rotatable bonds is 8. The summed E-state index contributed by atoms with van der Waals surface area (Å²) in [7, 11) is 0. The van der Waals surface area contributed by atoms with Crippen LogP contribution in [0, 0.1) is 11.7 Å². The lowest BCUT2D eigenvalue weighted by Crippen LogP contribution is -2.31. The smallest absolute Gasteiger partial charge is 0.272 e. The largest absolute Gasteiger partial charge is 0.493 e. The molecule has 0 saturated heterocycles. The van der Waals surface area contributed by atoms with Crippen LogP contribution in [0.4, 0.5) is 10.1 Å². The van der Waals surface area contributed by atoms with E-state index in [9.17, 15) is 19.1 Å². The van der Waals surface area contributed by atoms with Gasteiger partial charge in [0.1, 0.15) is 11.6 Å². The number of hydrogen-bond acceptors (Lipinski definition) is 5. The number of aliphatic hydroxyl groups is 1. The number of aliphatic hydroxyl groups excluding tert-OH is 1. The second-order valence-electron chi connectivity index (χ2n) is 6.93. The molecule has 5 nitrogen and oxygen atoms in total. The van der Waals surface area contributed by atoms with Crippen LogP contribution < -0.4 is 9.64 Å².